The summed E-state index contributed by atoms with van der Waals surface area (Å²) in [6, 6.07) is 16.3. The zero-order chi connectivity index (χ0) is 19.1. The van der Waals surface area contributed by atoms with Gasteiger partial charge in [-0.2, -0.15) is 0 Å². The van der Waals surface area contributed by atoms with Gasteiger partial charge in [-0.05, 0) is 23.6 Å². The summed E-state index contributed by atoms with van der Waals surface area (Å²) >= 11 is 0. The number of nitrogens with zero attached hydrogens (tertiary/aromatic N) is 3. The summed E-state index contributed by atoms with van der Waals surface area (Å²) in [4.78, 5) is 21.6. The summed E-state index contributed by atoms with van der Waals surface area (Å²) in [7, 11) is 0. The van der Waals surface area contributed by atoms with Crippen molar-refractivity contribution in [2.75, 3.05) is 32.7 Å². The van der Waals surface area contributed by atoms with Crippen molar-refractivity contribution in [1.82, 2.24) is 20.1 Å². The number of amides is 1. The van der Waals surface area contributed by atoms with Gasteiger partial charge in [0.15, 0.2) is 0 Å². The lowest BCUT2D eigenvalue weighted by Gasteiger charge is -2.34. The largest absolute Gasteiger partial charge is 0.348 e. The molecule has 0 spiro atoms. The maximum absolute atomic E-state index is 12.6. The van der Waals surface area contributed by atoms with E-state index < -0.39 is 0 Å². The van der Waals surface area contributed by atoms with Crippen molar-refractivity contribution in [2.24, 2.45) is 5.92 Å². The molecular weight excluding hydrogens is 336 g/mol. The van der Waals surface area contributed by atoms with Crippen LogP contribution in [-0.4, -0.2) is 53.4 Å². The second-order valence-corrected chi connectivity index (χ2v) is 7.57. The molecule has 0 bridgehead atoms. The SMILES string of the molecule is CC(C)[C@H](NC(=O)CN1CCN(Cc2ccccn2)CC1)c1ccccc1. The first-order valence-corrected chi connectivity index (χ1v) is 9.81. The molecule has 1 saturated heterocycles. The maximum atomic E-state index is 12.6. The van der Waals surface area contributed by atoms with Crippen LogP contribution < -0.4 is 5.32 Å². The van der Waals surface area contributed by atoms with Gasteiger partial charge in [-0.1, -0.05) is 50.2 Å². The Morgan fingerprint density at radius 3 is 2.30 bits per heavy atom. The van der Waals surface area contributed by atoms with E-state index in [1.165, 1.54) is 5.56 Å². The monoisotopic (exact) mass is 366 g/mol. The van der Waals surface area contributed by atoms with Crippen LogP contribution in [0.15, 0.2) is 54.7 Å². The van der Waals surface area contributed by atoms with Crippen LogP contribution >= 0.6 is 0 Å². The molecule has 0 saturated carbocycles. The van der Waals surface area contributed by atoms with E-state index in [0.717, 1.165) is 38.4 Å². The molecule has 0 aliphatic carbocycles. The number of hydrogen-bond acceptors (Lipinski definition) is 4. The molecule has 2 aromatic rings. The molecule has 5 nitrogen and oxygen atoms in total. The minimum absolute atomic E-state index is 0.0594. The van der Waals surface area contributed by atoms with E-state index in [9.17, 15) is 4.79 Å². The van der Waals surface area contributed by atoms with Gasteiger partial charge in [0.25, 0.3) is 0 Å². The molecule has 1 aromatic carbocycles. The fourth-order valence-corrected chi connectivity index (χ4v) is 3.54. The lowest BCUT2D eigenvalue weighted by molar-refractivity contribution is -0.123. The molecule has 5 heteroatoms. The van der Waals surface area contributed by atoms with Gasteiger partial charge in [-0.15, -0.1) is 0 Å². The minimum Gasteiger partial charge on any atom is -0.348 e. The molecule has 1 amide bonds. The van der Waals surface area contributed by atoms with Crippen LogP contribution in [0.4, 0.5) is 0 Å². The topological polar surface area (TPSA) is 48.5 Å². The summed E-state index contributed by atoms with van der Waals surface area (Å²) in [5.41, 5.74) is 2.27. The number of carbonyl (C=O) groups excluding carboxylic acids is 1. The zero-order valence-corrected chi connectivity index (χ0v) is 16.3. The summed E-state index contributed by atoms with van der Waals surface area (Å²) in [5.74, 6) is 0.460. The van der Waals surface area contributed by atoms with Gasteiger partial charge in [0.2, 0.25) is 5.91 Å². The normalized spacial score (nSPS) is 17.0. The molecule has 144 valence electrons. The lowest BCUT2D eigenvalue weighted by atomic mass is 9.96. The first-order chi connectivity index (χ1) is 13.1. The fourth-order valence-electron chi connectivity index (χ4n) is 3.54. The van der Waals surface area contributed by atoms with Gasteiger partial charge in [-0.25, -0.2) is 0 Å². The smallest absolute Gasteiger partial charge is 0.234 e. The number of carbonyl (C=O) groups is 1. The Kier molecular flexibility index (Phi) is 6.96. The van der Waals surface area contributed by atoms with E-state index >= 15 is 0 Å². The first kappa shape index (κ1) is 19.5. The van der Waals surface area contributed by atoms with Crippen molar-refractivity contribution in [3.8, 4) is 0 Å². The maximum Gasteiger partial charge on any atom is 0.234 e. The van der Waals surface area contributed by atoms with Crippen LogP contribution in [0.3, 0.4) is 0 Å². The molecule has 1 aliphatic rings. The van der Waals surface area contributed by atoms with Gasteiger partial charge >= 0.3 is 0 Å². The molecule has 27 heavy (non-hydrogen) atoms. The summed E-state index contributed by atoms with van der Waals surface area (Å²) in [6.07, 6.45) is 1.84. The highest BCUT2D eigenvalue weighted by molar-refractivity contribution is 5.78. The average molecular weight is 367 g/mol. The molecule has 0 radical (unpaired) electrons. The molecule has 3 rings (SSSR count). The lowest BCUT2D eigenvalue weighted by Crippen LogP contribution is -2.49. The Bertz CT molecular complexity index is 697. The van der Waals surface area contributed by atoms with Crippen LogP contribution in [-0.2, 0) is 11.3 Å². The highest BCUT2D eigenvalue weighted by Gasteiger charge is 2.22. The van der Waals surface area contributed by atoms with E-state index in [1.54, 1.807) is 0 Å². The van der Waals surface area contributed by atoms with Crippen LogP contribution in [0.2, 0.25) is 0 Å². The second-order valence-electron chi connectivity index (χ2n) is 7.57. The fraction of sp³-hybridized carbons (Fsp3) is 0.455. The number of aromatic nitrogens is 1. The highest BCUT2D eigenvalue weighted by Crippen LogP contribution is 2.21. The number of piperazine rings is 1. The molecule has 1 N–H and O–H groups in total. The third-order valence-corrected chi connectivity index (χ3v) is 5.09. The highest BCUT2D eigenvalue weighted by atomic mass is 16.2. The molecule has 1 aromatic heterocycles. The number of benzene rings is 1. The van der Waals surface area contributed by atoms with E-state index in [1.807, 2.05) is 36.5 Å². The molecule has 0 unspecified atom stereocenters. The number of rotatable bonds is 7. The summed E-state index contributed by atoms with van der Waals surface area (Å²) in [5, 5.41) is 3.23. The van der Waals surface area contributed by atoms with Gasteiger partial charge in [0.1, 0.15) is 0 Å². The first-order valence-electron chi connectivity index (χ1n) is 9.81. The Hall–Kier alpha value is -2.24. The van der Waals surface area contributed by atoms with Crippen LogP contribution in [0, 0.1) is 5.92 Å². The van der Waals surface area contributed by atoms with E-state index in [4.69, 9.17) is 0 Å². The van der Waals surface area contributed by atoms with Crippen molar-refractivity contribution in [3.05, 3.63) is 66.0 Å². The van der Waals surface area contributed by atoms with E-state index in [0.29, 0.717) is 12.5 Å². The van der Waals surface area contributed by atoms with Crippen LogP contribution in [0.1, 0.15) is 31.1 Å². The average Bonchev–Trinajstić information content (AvgIpc) is 2.69. The predicted molar refractivity (Wildman–Crippen MR) is 108 cm³/mol. The Morgan fingerprint density at radius 2 is 1.67 bits per heavy atom. The zero-order valence-electron chi connectivity index (χ0n) is 16.3. The Labute approximate surface area is 162 Å². The number of nitrogens with one attached hydrogen (secondary N) is 1. The Morgan fingerprint density at radius 1 is 1.00 bits per heavy atom. The van der Waals surface area contributed by atoms with Crippen molar-refractivity contribution in [3.63, 3.8) is 0 Å². The van der Waals surface area contributed by atoms with E-state index in [2.05, 4.69) is 52.1 Å². The van der Waals surface area contributed by atoms with Gasteiger partial charge in [0, 0.05) is 38.9 Å². The number of pyridine rings is 1. The molecular formula is C22H30N4O. The molecule has 1 fully saturated rings. The minimum atomic E-state index is 0.0594. The third kappa shape index (κ3) is 5.88. The van der Waals surface area contributed by atoms with Crippen molar-refractivity contribution in [1.29, 1.82) is 0 Å². The van der Waals surface area contributed by atoms with Crippen molar-refractivity contribution >= 4 is 5.91 Å². The van der Waals surface area contributed by atoms with Crippen LogP contribution in [0.25, 0.3) is 0 Å². The van der Waals surface area contributed by atoms with Crippen molar-refractivity contribution in [2.45, 2.75) is 26.4 Å². The predicted octanol–water partition coefficient (Wildman–Crippen LogP) is 2.71. The van der Waals surface area contributed by atoms with Crippen LogP contribution in [0.5, 0.6) is 0 Å². The summed E-state index contributed by atoms with van der Waals surface area (Å²) in [6.45, 7) is 9.41. The molecule has 1 aliphatic heterocycles. The van der Waals surface area contributed by atoms with Crippen molar-refractivity contribution < 1.29 is 4.79 Å². The Balaban J connectivity index is 1.46. The van der Waals surface area contributed by atoms with E-state index in [-0.39, 0.29) is 11.9 Å². The summed E-state index contributed by atoms with van der Waals surface area (Å²) < 4.78 is 0. The third-order valence-electron chi connectivity index (χ3n) is 5.09. The van der Waals surface area contributed by atoms with Gasteiger partial charge < -0.3 is 5.32 Å². The second kappa shape index (κ2) is 9.62. The number of hydrogen-bond donors (Lipinski definition) is 1. The van der Waals surface area contributed by atoms with Gasteiger partial charge in [0.05, 0.1) is 18.3 Å². The quantitative estimate of drug-likeness (QED) is 0.819. The van der Waals surface area contributed by atoms with Gasteiger partial charge in [-0.3, -0.25) is 19.6 Å². The molecule has 1 atom stereocenters. The standard InChI is InChI=1S/C22H30N4O/c1-18(2)22(19-8-4-3-5-9-19)24-21(27)17-26-14-12-25(13-15-26)16-20-10-6-7-11-23-20/h3-11,18,22H,12-17H2,1-2H3,(H,24,27)/t22-/m0/s1. The molecule has 2 heterocycles.